The van der Waals surface area contributed by atoms with Crippen molar-refractivity contribution in [3.8, 4) is 0 Å². The fourth-order valence-electron chi connectivity index (χ4n) is 0.904. The van der Waals surface area contributed by atoms with Gasteiger partial charge in [-0.15, -0.1) is 0 Å². The molecule has 10 heavy (non-hydrogen) atoms. The van der Waals surface area contributed by atoms with Crippen LogP contribution in [0.15, 0.2) is 24.4 Å². The second-order valence-corrected chi connectivity index (χ2v) is 2.42. The highest BCUT2D eigenvalue weighted by Gasteiger charge is 1.88. The van der Waals surface area contributed by atoms with Gasteiger partial charge in [-0.1, -0.05) is 19.4 Å². The van der Waals surface area contributed by atoms with Crippen molar-refractivity contribution >= 4 is 0 Å². The lowest BCUT2D eigenvalue weighted by molar-refractivity contribution is 0.777. The molecular weight excluding hydrogens is 122 g/mol. The Balaban J connectivity index is 2.43. The SMILES string of the molecule is CCCCc1ccccn1. The first-order valence-electron chi connectivity index (χ1n) is 3.83. The van der Waals surface area contributed by atoms with Gasteiger partial charge in [0, 0.05) is 11.9 Å². The molecule has 0 aliphatic carbocycles. The summed E-state index contributed by atoms with van der Waals surface area (Å²) in [5.41, 5.74) is 1.21. The molecule has 0 atom stereocenters. The number of aromatic nitrogens is 1. The Morgan fingerprint density at radius 3 is 2.90 bits per heavy atom. The van der Waals surface area contributed by atoms with E-state index in [1.807, 2.05) is 18.3 Å². The van der Waals surface area contributed by atoms with Crippen LogP contribution in [0.2, 0.25) is 0 Å². The molecule has 0 spiro atoms. The molecule has 0 fully saturated rings. The van der Waals surface area contributed by atoms with E-state index in [0.29, 0.717) is 0 Å². The quantitative estimate of drug-likeness (QED) is 0.620. The first-order valence-corrected chi connectivity index (χ1v) is 3.83. The van der Waals surface area contributed by atoms with Crippen LogP contribution in [-0.2, 0) is 6.42 Å². The van der Waals surface area contributed by atoms with Gasteiger partial charge in [0.2, 0.25) is 0 Å². The molecule has 0 bridgehead atoms. The maximum atomic E-state index is 4.22. The Hall–Kier alpha value is -0.850. The molecule has 0 amide bonds. The van der Waals surface area contributed by atoms with Crippen LogP contribution in [0, 0.1) is 0 Å². The zero-order valence-corrected chi connectivity index (χ0v) is 6.38. The van der Waals surface area contributed by atoms with Gasteiger partial charge in [0.25, 0.3) is 0 Å². The molecule has 0 saturated heterocycles. The van der Waals surface area contributed by atoms with E-state index in [4.69, 9.17) is 0 Å². The van der Waals surface area contributed by atoms with E-state index in [2.05, 4.69) is 18.0 Å². The third kappa shape index (κ3) is 2.18. The highest BCUT2D eigenvalue weighted by molar-refractivity contribution is 5.03. The molecule has 0 aromatic carbocycles. The number of rotatable bonds is 3. The molecule has 54 valence electrons. The minimum Gasteiger partial charge on any atom is -0.261 e. The lowest BCUT2D eigenvalue weighted by Gasteiger charge is -1.95. The second kappa shape index (κ2) is 4.04. The van der Waals surface area contributed by atoms with Crippen LogP contribution in [0.1, 0.15) is 25.5 Å². The summed E-state index contributed by atoms with van der Waals surface area (Å²) in [5, 5.41) is 0. The molecule has 0 radical (unpaired) electrons. The van der Waals surface area contributed by atoms with Crippen molar-refractivity contribution in [2.24, 2.45) is 0 Å². The van der Waals surface area contributed by atoms with Crippen molar-refractivity contribution in [2.75, 3.05) is 0 Å². The third-order valence-electron chi connectivity index (χ3n) is 1.51. The fraction of sp³-hybridized carbons (Fsp3) is 0.444. The Morgan fingerprint density at radius 1 is 1.40 bits per heavy atom. The Morgan fingerprint density at radius 2 is 2.30 bits per heavy atom. The smallest absolute Gasteiger partial charge is 0.0403 e. The predicted octanol–water partition coefficient (Wildman–Crippen LogP) is 2.42. The lowest BCUT2D eigenvalue weighted by atomic mass is 10.2. The molecule has 1 aromatic rings. The van der Waals surface area contributed by atoms with Gasteiger partial charge in [-0.25, -0.2) is 0 Å². The van der Waals surface area contributed by atoms with Crippen LogP contribution in [0.4, 0.5) is 0 Å². The molecule has 0 aliphatic rings. The normalized spacial score (nSPS) is 9.70. The van der Waals surface area contributed by atoms with Gasteiger partial charge in [0.15, 0.2) is 0 Å². The Kier molecular flexibility index (Phi) is 2.94. The van der Waals surface area contributed by atoms with E-state index in [0.717, 1.165) is 6.42 Å². The number of pyridine rings is 1. The highest BCUT2D eigenvalue weighted by Crippen LogP contribution is 1.99. The number of hydrogen-bond donors (Lipinski definition) is 0. The van der Waals surface area contributed by atoms with Crippen LogP contribution in [0.5, 0.6) is 0 Å². The van der Waals surface area contributed by atoms with Gasteiger partial charge in [-0.05, 0) is 25.0 Å². The summed E-state index contributed by atoms with van der Waals surface area (Å²) in [5.74, 6) is 0. The van der Waals surface area contributed by atoms with Gasteiger partial charge in [-0.3, -0.25) is 4.98 Å². The number of nitrogens with zero attached hydrogens (tertiary/aromatic N) is 1. The molecule has 1 nitrogen and oxygen atoms in total. The van der Waals surface area contributed by atoms with Gasteiger partial charge in [0.1, 0.15) is 0 Å². The van der Waals surface area contributed by atoms with Crippen molar-refractivity contribution in [2.45, 2.75) is 26.2 Å². The molecule has 1 aromatic heterocycles. The van der Waals surface area contributed by atoms with Crippen LogP contribution >= 0.6 is 0 Å². The topological polar surface area (TPSA) is 12.9 Å². The molecule has 1 rings (SSSR count). The van der Waals surface area contributed by atoms with Gasteiger partial charge < -0.3 is 0 Å². The summed E-state index contributed by atoms with van der Waals surface area (Å²) in [7, 11) is 0. The van der Waals surface area contributed by atoms with Crippen molar-refractivity contribution < 1.29 is 0 Å². The number of hydrogen-bond acceptors (Lipinski definition) is 1. The Labute approximate surface area is 62.1 Å². The van der Waals surface area contributed by atoms with Crippen LogP contribution in [-0.4, -0.2) is 4.98 Å². The molecule has 0 unspecified atom stereocenters. The van der Waals surface area contributed by atoms with E-state index in [1.54, 1.807) is 0 Å². The summed E-state index contributed by atoms with van der Waals surface area (Å²) < 4.78 is 0. The fourth-order valence-corrected chi connectivity index (χ4v) is 0.904. The molecular formula is C9H13N. The number of aryl methyl sites for hydroxylation is 1. The monoisotopic (exact) mass is 135 g/mol. The average Bonchev–Trinajstić information content (AvgIpc) is 2.03. The van der Waals surface area contributed by atoms with Gasteiger partial charge >= 0.3 is 0 Å². The van der Waals surface area contributed by atoms with Gasteiger partial charge in [-0.2, -0.15) is 0 Å². The minimum absolute atomic E-state index is 1.12. The molecule has 0 saturated carbocycles. The largest absolute Gasteiger partial charge is 0.261 e. The van der Waals surface area contributed by atoms with E-state index in [9.17, 15) is 0 Å². The van der Waals surface area contributed by atoms with Crippen molar-refractivity contribution in [3.05, 3.63) is 30.1 Å². The minimum atomic E-state index is 1.12. The van der Waals surface area contributed by atoms with Crippen LogP contribution in [0.3, 0.4) is 0 Å². The van der Waals surface area contributed by atoms with Crippen molar-refractivity contribution in [1.82, 2.24) is 4.98 Å². The maximum absolute atomic E-state index is 4.22. The van der Waals surface area contributed by atoms with Crippen LogP contribution < -0.4 is 0 Å². The average molecular weight is 135 g/mol. The zero-order chi connectivity index (χ0) is 7.23. The van der Waals surface area contributed by atoms with E-state index in [-0.39, 0.29) is 0 Å². The van der Waals surface area contributed by atoms with E-state index >= 15 is 0 Å². The molecule has 0 aliphatic heterocycles. The van der Waals surface area contributed by atoms with E-state index in [1.165, 1.54) is 18.5 Å². The van der Waals surface area contributed by atoms with Gasteiger partial charge in [0.05, 0.1) is 0 Å². The molecule has 1 heteroatoms. The second-order valence-electron chi connectivity index (χ2n) is 2.42. The highest BCUT2D eigenvalue weighted by atomic mass is 14.7. The lowest BCUT2D eigenvalue weighted by Crippen LogP contribution is -1.86. The third-order valence-corrected chi connectivity index (χ3v) is 1.51. The summed E-state index contributed by atoms with van der Waals surface area (Å²) in [6, 6.07) is 6.07. The molecule has 1 heterocycles. The predicted molar refractivity (Wildman–Crippen MR) is 42.8 cm³/mol. The summed E-state index contributed by atoms with van der Waals surface area (Å²) >= 11 is 0. The summed E-state index contributed by atoms with van der Waals surface area (Å²) in [6.07, 6.45) is 5.47. The maximum Gasteiger partial charge on any atom is 0.0403 e. The van der Waals surface area contributed by atoms with Crippen molar-refractivity contribution in [1.29, 1.82) is 0 Å². The molecule has 0 N–H and O–H groups in total. The van der Waals surface area contributed by atoms with E-state index < -0.39 is 0 Å². The number of unbranched alkanes of at least 4 members (excludes halogenated alkanes) is 1. The van der Waals surface area contributed by atoms with Crippen molar-refractivity contribution in [3.63, 3.8) is 0 Å². The summed E-state index contributed by atoms with van der Waals surface area (Å²) in [4.78, 5) is 4.22. The summed E-state index contributed by atoms with van der Waals surface area (Å²) in [6.45, 7) is 2.20. The zero-order valence-electron chi connectivity index (χ0n) is 6.38. The van der Waals surface area contributed by atoms with Crippen LogP contribution in [0.25, 0.3) is 0 Å². The Bertz CT molecular complexity index is 169. The first-order chi connectivity index (χ1) is 4.93. The first kappa shape index (κ1) is 7.26. The standard InChI is InChI=1S/C9H13N/c1-2-3-6-9-7-4-5-8-10-9/h4-5,7-8H,2-3,6H2,1H3.